The highest BCUT2D eigenvalue weighted by atomic mass is 16.1. The molecule has 0 aromatic heterocycles. The first-order valence-electron chi connectivity index (χ1n) is 7.15. The van der Waals surface area contributed by atoms with Crippen LogP contribution in [0, 0.1) is 5.92 Å². The quantitative estimate of drug-likeness (QED) is 0.732. The predicted octanol–water partition coefficient (Wildman–Crippen LogP) is 3.49. The van der Waals surface area contributed by atoms with Gasteiger partial charge in [0.05, 0.1) is 5.92 Å². The van der Waals surface area contributed by atoms with Crippen molar-refractivity contribution in [3.63, 3.8) is 0 Å². The third-order valence-corrected chi connectivity index (χ3v) is 3.61. The standard InChI is InChI=1S/C16H23NO/c1-2-3-7-12-17-16(18)15(14-10-11-14)13-8-5-4-6-9-13/h4-6,8-9,14-15H,2-3,7,10-12H2,1H3,(H,17,18). The fraction of sp³-hybridized carbons (Fsp3) is 0.562. The third-order valence-electron chi connectivity index (χ3n) is 3.61. The molecule has 1 amide bonds. The minimum Gasteiger partial charge on any atom is -0.356 e. The van der Waals surface area contributed by atoms with Gasteiger partial charge in [0.15, 0.2) is 0 Å². The predicted molar refractivity (Wildman–Crippen MR) is 74.4 cm³/mol. The highest BCUT2D eigenvalue weighted by Gasteiger charge is 2.36. The molecule has 1 fully saturated rings. The van der Waals surface area contributed by atoms with Gasteiger partial charge in [-0.05, 0) is 30.7 Å². The molecule has 1 N–H and O–H groups in total. The molecule has 1 aromatic carbocycles. The lowest BCUT2D eigenvalue weighted by Gasteiger charge is -2.16. The number of unbranched alkanes of at least 4 members (excludes halogenated alkanes) is 2. The van der Waals surface area contributed by atoms with Crippen molar-refractivity contribution in [1.29, 1.82) is 0 Å². The summed E-state index contributed by atoms with van der Waals surface area (Å²) in [5.41, 5.74) is 1.17. The van der Waals surface area contributed by atoms with Crippen LogP contribution in [0.15, 0.2) is 30.3 Å². The van der Waals surface area contributed by atoms with Crippen LogP contribution < -0.4 is 5.32 Å². The van der Waals surface area contributed by atoms with Crippen LogP contribution in [-0.4, -0.2) is 12.5 Å². The molecule has 0 heterocycles. The molecule has 2 nitrogen and oxygen atoms in total. The first-order valence-corrected chi connectivity index (χ1v) is 7.15. The monoisotopic (exact) mass is 245 g/mol. The van der Waals surface area contributed by atoms with Crippen LogP contribution in [0.2, 0.25) is 0 Å². The summed E-state index contributed by atoms with van der Waals surface area (Å²) in [6, 6.07) is 10.2. The van der Waals surface area contributed by atoms with E-state index in [1.165, 1.54) is 31.2 Å². The van der Waals surface area contributed by atoms with Crippen molar-refractivity contribution in [3.05, 3.63) is 35.9 Å². The molecule has 1 aliphatic rings. The van der Waals surface area contributed by atoms with Crippen molar-refractivity contribution in [2.75, 3.05) is 6.54 Å². The molecule has 98 valence electrons. The molecule has 0 saturated heterocycles. The molecule has 1 saturated carbocycles. The van der Waals surface area contributed by atoms with Crippen molar-refractivity contribution in [2.24, 2.45) is 5.92 Å². The number of benzene rings is 1. The normalized spacial score (nSPS) is 16.3. The van der Waals surface area contributed by atoms with Gasteiger partial charge in [-0.3, -0.25) is 4.79 Å². The summed E-state index contributed by atoms with van der Waals surface area (Å²) in [4.78, 5) is 12.3. The second-order valence-electron chi connectivity index (χ2n) is 5.22. The Morgan fingerprint density at radius 1 is 1.28 bits per heavy atom. The number of carbonyl (C=O) groups is 1. The smallest absolute Gasteiger partial charge is 0.227 e. The molecule has 0 aliphatic heterocycles. The van der Waals surface area contributed by atoms with Gasteiger partial charge in [-0.15, -0.1) is 0 Å². The van der Waals surface area contributed by atoms with E-state index in [1.807, 2.05) is 18.2 Å². The Labute approximate surface area is 110 Å². The zero-order valence-electron chi connectivity index (χ0n) is 11.2. The van der Waals surface area contributed by atoms with E-state index < -0.39 is 0 Å². The van der Waals surface area contributed by atoms with Crippen LogP contribution in [0.1, 0.15) is 50.5 Å². The fourth-order valence-electron chi connectivity index (χ4n) is 2.42. The summed E-state index contributed by atoms with van der Waals surface area (Å²) in [7, 11) is 0. The molecular weight excluding hydrogens is 222 g/mol. The molecule has 2 rings (SSSR count). The van der Waals surface area contributed by atoms with Crippen LogP contribution >= 0.6 is 0 Å². The van der Waals surface area contributed by atoms with E-state index in [9.17, 15) is 4.79 Å². The summed E-state index contributed by atoms with van der Waals surface area (Å²) < 4.78 is 0. The second-order valence-corrected chi connectivity index (χ2v) is 5.22. The molecular formula is C16H23NO. The first-order chi connectivity index (χ1) is 8.83. The topological polar surface area (TPSA) is 29.1 Å². The van der Waals surface area contributed by atoms with Gasteiger partial charge in [0.2, 0.25) is 5.91 Å². The van der Waals surface area contributed by atoms with E-state index in [4.69, 9.17) is 0 Å². The molecule has 1 atom stereocenters. The number of hydrogen-bond donors (Lipinski definition) is 1. The Morgan fingerprint density at radius 3 is 2.61 bits per heavy atom. The highest BCUT2D eigenvalue weighted by molar-refractivity contribution is 5.84. The van der Waals surface area contributed by atoms with Crippen LogP contribution in [-0.2, 0) is 4.79 Å². The van der Waals surface area contributed by atoms with Crippen molar-refractivity contribution in [3.8, 4) is 0 Å². The van der Waals surface area contributed by atoms with Crippen LogP contribution in [0.25, 0.3) is 0 Å². The summed E-state index contributed by atoms with van der Waals surface area (Å²) in [6.07, 6.45) is 5.87. The molecule has 1 aromatic rings. The van der Waals surface area contributed by atoms with Gasteiger partial charge in [-0.2, -0.15) is 0 Å². The summed E-state index contributed by atoms with van der Waals surface area (Å²) in [5, 5.41) is 3.10. The SMILES string of the molecule is CCCCCNC(=O)C(c1ccccc1)C1CC1. The van der Waals surface area contributed by atoms with E-state index in [-0.39, 0.29) is 11.8 Å². The van der Waals surface area contributed by atoms with Gasteiger partial charge < -0.3 is 5.32 Å². The Hall–Kier alpha value is -1.31. The number of hydrogen-bond acceptors (Lipinski definition) is 1. The molecule has 0 bridgehead atoms. The molecule has 0 spiro atoms. The average molecular weight is 245 g/mol. The maximum absolute atomic E-state index is 12.3. The van der Waals surface area contributed by atoms with Crippen molar-refractivity contribution in [1.82, 2.24) is 5.32 Å². The lowest BCUT2D eigenvalue weighted by molar-refractivity contribution is -0.123. The van der Waals surface area contributed by atoms with E-state index in [2.05, 4.69) is 24.4 Å². The lowest BCUT2D eigenvalue weighted by Crippen LogP contribution is -2.31. The third kappa shape index (κ3) is 3.59. The van der Waals surface area contributed by atoms with Crippen molar-refractivity contribution >= 4 is 5.91 Å². The first kappa shape index (κ1) is 13.1. The molecule has 18 heavy (non-hydrogen) atoms. The number of rotatable bonds is 7. The van der Waals surface area contributed by atoms with Gasteiger partial charge in [0, 0.05) is 6.54 Å². The zero-order valence-corrected chi connectivity index (χ0v) is 11.2. The molecule has 1 unspecified atom stereocenters. The van der Waals surface area contributed by atoms with Gasteiger partial charge in [0.25, 0.3) is 0 Å². The Kier molecular flexibility index (Phi) is 4.80. The minimum absolute atomic E-state index is 0.0767. The lowest BCUT2D eigenvalue weighted by atomic mass is 9.93. The van der Waals surface area contributed by atoms with E-state index >= 15 is 0 Å². The summed E-state index contributed by atoms with van der Waals surface area (Å²) >= 11 is 0. The minimum atomic E-state index is 0.0767. The van der Waals surface area contributed by atoms with E-state index in [1.54, 1.807) is 0 Å². The van der Waals surface area contributed by atoms with Crippen LogP contribution in [0.4, 0.5) is 0 Å². The maximum Gasteiger partial charge on any atom is 0.227 e. The average Bonchev–Trinajstić information content (AvgIpc) is 3.21. The van der Waals surface area contributed by atoms with Gasteiger partial charge in [-0.1, -0.05) is 50.1 Å². The largest absolute Gasteiger partial charge is 0.356 e. The van der Waals surface area contributed by atoms with Crippen LogP contribution in [0.5, 0.6) is 0 Å². The van der Waals surface area contributed by atoms with Crippen molar-refractivity contribution < 1.29 is 4.79 Å². The molecule has 2 heteroatoms. The van der Waals surface area contributed by atoms with E-state index in [0.717, 1.165) is 13.0 Å². The van der Waals surface area contributed by atoms with Gasteiger partial charge in [0.1, 0.15) is 0 Å². The van der Waals surface area contributed by atoms with Gasteiger partial charge in [-0.25, -0.2) is 0 Å². The summed E-state index contributed by atoms with van der Waals surface area (Å²) in [6.45, 7) is 3.00. The Bertz CT molecular complexity index is 370. The fourth-order valence-corrected chi connectivity index (χ4v) is 2.42. The number of carbonyl (C=O) groups excluding carboxylic acids is 1. The summed E-state index contributed by atoms with van der Waals surface area (Å²) in [5.74, 6) is 0.867. The molecule has 1 aliphatic carbocycles. The maximum atomic E-state index is 12.3. The van der Waals surface area contributed by atoms with Crippen LogP contribution in [0.3, 0.4) is 0 Å². The Morgan fingerprint density at radius 2 is 2.00 bits per heavy atom. The highest BCUT2D eigenvalue weighted by Crippen LogP contribution is 2.42. The zero-order chi connectivity index (χ0) is 12.8. The second kappa shape index (κ2) is 6.58. The number of nitrogens with one attached hydrogen (secondary N) is 1. The molecule has 0 radical (unpaired) electrons. The van der Waals surface area contributed by atoms with Gasteiger partial charge >= 0.3 is 0 Å². The van der Waals surface area contributed by atoms with E-state index in [0.29, 0.717) is 5.92 Å². The van der Waals surface area contributed by atoms with Crippen molar-refractivity contribution in [2.45, 2.75) is 44.9 Å². The Balaban J connectivity index is 1.92. The number of amides is 1.